The van der Waals surface area contributed by atoms with Gasteiger partial charge in [0.05, 0.1) is 21.7 Å². The molecule has 0 heterocycles. The zero-order chi connectivity index (χ0) is 12.8. The molecular weight excluding hydrogens is 261 g/mol. The van der Waals surface area contributed by atoms with Gasteiger partial charge in [-0.05, 0) is 31.9 Å². The Bertz CT molecular complexity index is 374. The van der Waals surface area contributed by atoms with Crippen LogP contribution in [0.1, 0.15) is 30.1 Å². The van der Waals surface area contributed by atoms with Crippen molar-refractivity contribution in [2.24, 2.45) is 0 Å². The summed E-state index contributed by atoms with van der Waals surface area (Å²) in [5, 5.41) is 12.5. The van der Waals surface area contributed by atoms with Crippen LogP contribution in [0, 0.1) is 0 Å². The van der Waals surface area contributed by atoms with Gasteiger partial charge in [0.2, 0.25) is 0 Å². The molecular formula is C12H15Cl2NO2. The van der Waals surface area contributed by atoms with E-state index in [0.29, 0.717) is 35.0 Å². The molecule has 5 heteroatoms. The van der Waals surface area contributed by atoms with E-state index in [2.05, 4.69) is 5.32 Å². The summed E-state index contributed by atoms with van der Waals surface area (Å²) in [6.45, 7) is 2.21. The molecule has 1 aromatic carbocycles. The fourth-order valence-electron chi connectivity index (χ4n) is 1.40. The van der Waals surface area contributed by atoms with Crippen molar-refractivity contribution in [2.45, 2.75) is 25.9 Å². The number of carbonyl (C=O) groups is 1. The first-order valence-corrected chi connectivity index (χ1v) is 6.18. The molecule has 0 bridgehead atoms. The van der Waals surface area contributed by atoms with E-state index in [4.69, 9.17) is 28.3 Å². The van der Waals surface area contributed by atoms with E-state index in [0.717, 1.165) is 0 Å². The lowest BCUT2D eigenvalue weighted by Crippen LogP contribution is -2.25. The molecule has 0 aliphatic heterocycles. The van der Waals surface area contributed by atoms with Crippen molar-refractivity contribution in [3.8, 4) is 0 Å². The summed E-state index contributed by atoms with van der Waals surface area (Å²) in [5.41, 5.74) is 0.299. The van der Waals surface area contributed by atoms with Crippen molar-refractivity contribution in [3.63, 3.8) is 0 Å². The van der Waals surface area contributed by atoms with Gasteiger partial charge in [0.15, 0.2) is 0 Å². The van der Waals surface area contributed by atoms with Gasteiger partial charge < -0.3 is 10.4 Å². The van der Waals surface area contributed by atoms with E-state index in [9.17, 15) is 4.79 Å². The number of benzene rings is 1. The third kappa shape index (κ3) is 4.54. The van der Waals surface area contributed by atoms with Crippen LogP contribution >= 0.6 is 23.2 Å². The molecule has 0 fully saturated rings. The number of halogens is 2. The average molecular weight is 276 g/mol. The second-order valence-electron chi connectivity index (χ2n) is 3.84. The summed E-state index contributed by atoms with van der Waals surface area (Å²) in [6.07, 6.45) is 1.01. The van der Waals surface area contributed by atoms with Gasteiger partial charge in [-0.3, -0.25) is 4.79 Å². The van der Waals surface area contributed by atoms with Gasteiger partial charge in [-0.15, -0.1) is 0 Å². The summed E-state index contributed by atoms with van der Waals surface area (Å²) in [7, 11) is 0. The van der Waals surface area contributed by atoms with Crippen LogP contribution in [0.2, 0.25) is 10.0 Å². The van der Waals surface area contributed by atoms with Crippen molar-refractivity contribution in [1.82, 2.24) is 5.32 Å². The van der Waals surface area contributed by atoms with Crippen molar-refractivity contribution in [1.29, 1.82) is 0 Å². The lowest BCUT2D eigenvalue weighted by molar-refractivity contribution is 0.0950. The molecule has 94 valence electrons. The zero-order valence-electron chi connectivity index (χ0n) is 9.54. The predicted molar refractivity (Wildman–Crippen MR) is 69.7 cm³/mol. The predicted octanol–water partition coefficient (Wildman–Crippen LogP) is 2.88. The Hall–Kier alpha value is -0.770. The third-order valence-corrected chi connectivity index (χ3v) is 2.90. The van der Waals surface area contributed by atoms with E-state index in [1.165, 1.54) is 0 Å². The molecule has 2 N–H and O–H groups in total. The van der Waals surface area contributed by atoms with Gasteiger partial charge in [-0.25, -0.2) is 0 Å². The van der Waals surface area contributed by atoms with Crippen LogP contribution in [0.3, 0.4) is 0 Å². The Kier molecular flexibility index (Phi) is 5.75. The molecule has 0 saturated heterocycles. The number of nitrogens with one attached hydrogen (secondary N) is 1. The van der Waals surface area contributed by atoms with Crippen LogP contribution in [0.5, 0.6) is 0 Å². The van der Waals surface area contributed by atoms with Crippen molar-refractivity contribution < 1.29 is 9.90 Å². The van der Waals surface area contributed by atoms with Gasteiger partial charge in [-0.1, -0.05) is 29.3 Å². The Balaban J connectivity index is 2.53. The number of hydrogen-bond acceptors (Lipinski definition) is 2. The first kappa shape index (κ1) is 14.3. The number of aliphatic hydroxyl groups is 1. The normalized spacial score (nSPS) is 12.2. The largest absolute Gasteiger partial charge is 0.393 e. The summed E-state index contributed by atoms with van der Waals surface area (Å²) in [4.78, 5) is 11.8. The highest BCUT2D eigenvalue weighted by molar-refractivity contribution is 6.39. The first-order chi connectivity index (χ1) is 8.02. The molecule has 1 rings (SSSR count). The first-order valence-electron chi connectivity index (χ1n) is 5.42. The van der Waals surface area contributed by atoms with E-state index < -0.39 is 0 Å². The topological polar surface area (TPSA) is 49.3 Å². The van der Waals surface area contributed by atoms with Crippen LogP contribution in [-0.2, 0) is 0 Å². The minimum atomic E-state index is -0.351. The maximum Gasteiger partial charge on any atom is 0.254 e. The highest BCUT2D eigenvalue weighted by atomic mass is 35.5. The molecule has 0 spiro atoms. The molecule has 0 saturated carbocycles. The number of aliphatic hydroxyl groups excluding tert-OH is 1. The minimum Gasteiger partial charge on any atom is -0.393 e. The average Bonchev–Trinajstić information content (AvgIpc) is 2.24. The van der Waals surface area contributed by atoms with E-state index in [1.807, 2.05) is 0 Å². The van der Waals surface area contributed by atoms with Gasteiger partial charge in [0.25, 0.3) is 5.91 Å². The number of amides is 1. The maximum absolute atomic E-state index is 11.8. The Morgan fingerprint density at radius 3 is 2.53 bits per heavy atom. The van der Waals surface area contributed by atoms with Crippen molar-refractivity contribution >= 4 is 29.1 Å². The Morgan fingerprint density at radius 2 is 2.00 bits per heavy atom. The SMILES string of the molecule is CC(O)CCCNC(=O)c1c(Cl)cccc1Cl. The molecule has 0 aliphatic carbocycles. The molecule has 1 unspecified atom stereocenters. The third-order valence-electron chi connectivity index (χ3n) is 2.27. The zero-order valence-corrected chi connectivity index (χ0v) is 11.1. The molecule has 1 atom stereocenters. The molecule has 17 heavy (non-hydrogen) atoms. The number of hydrogen-bond donors (Lipinski definition) is 2. The molecule has 1 aromatic rings. The van der Waals surface area contributed by atoms with Crippen molar-refractivity contribution in [3.05, 3.63) is 33.8 Å². The van der Waals surface area contributed by atoms with Crippen LogP contribution in [0.4, 0.5) is 0 Å². The Morgan fingerprint density at radius 1 is 1.41 bits per heavy atom. The van der Waals surface area contributed by atoms with E-state index in [-0.39, 0.29) is 12.0 Å². The molecule has 0 aliphatic rings. The quantitative estimate of drug-likeness (QED) is 0.812. The van der Waals surface area contributed by atoms with Gasteiger partial charge in [0, 0.05) is 6.54 Å². The fourth-order valence-corrected chi connectivity index (χ4v) is 1.97. The number of carbonyl (C=O) groups excluding carboxylic acids is 1. The summed E-state index contributed by atoms with van der Waals surface area (Å²) >= 11 is 11.8. The second kappa shape index (κ2) is 6.84. The fraction of sp³-hybridized carbons (Fsp3) is 0.417. The summed E-state index contributed by atoms with van der Waals surface area (Å²) < 4.78 is 0. The highest BCUT2D eigenvalue weighted by Crippen LogP contribution is 2.23. The van der Waals surface area contributed by atoms with Crippen LogP contribution in [0.25, 0.3) is 0 Å². The van der Waals surface area contributed by atoms with Crippen LogP contribution in [-0.4, -0.2) is 23.7 Å². The van der Waals surface area contributed by atoms with E-state index >= 15 is 0 Å². The van der Waals surface area contributed by atoms with E-state index in [1.54, 1.807) is 25.1 Å². The smallest absolute Gasteiger partial charge is 0.254 e. The Labute approximate surface area is 111 Å². The highest BCUT2D eigenvalue weighted by Gasteiger charge is 2.13. The van der Waals surface area contributed by atoms with Crippen LogP contribution in [0.15, 0.2) is 18.2 Å². The van der Waals surface area contributed by atoms with Gasteiger partial charge >= 0.3 is 0 Å². The standard InChI is InChI=1S/C12H15Cl2NO2/c1-8(16)4-3-7-15-12(17)11-9(13)5-2-6-10(11)14/h2,5-6,8,16H,3-4,7H2,1H3,(H,15,17). The van der Waals surface area contributed by atoms with Crippen molar-refractivity contribution in [2.75, 3.05) is 6.54 Å². The maximum atomic E-state index is 11.8. The second-order valence-corrected chi connectivity index (χ2v) is 4.66. The molecule has 0 radical (unpaired) electrons. The lowest BCUT2D eigenvalue weighted by Gasteiger charge is -2.08. The van der Waals surface area contributed by atoms with Gasteiger partial charge in [-0.2, -0.15) is 0 Å². The summed E-state index contributed by atoms with van der Waals surface area (Å²) in [6, 6.07) is 4.94. The molecule has 3 nitrogen and oxygen atoms in total. The molecule has 0 aromatic heterocycles. The monoisotopic (exact) mass is 275 g/mol. The minimum absolute atomic E-state index is 0.286. The van der Waals surface area contributed by atoms with Crippen LogP contribution < -0.4 is 5.32 Å². The summed E-state index contributed by atoms with van der Waals surface area (Å²) in [5.74, 6) is -0.286. The number of rotatable bonds is 5. The van der Waals surface area contributed by atoms with Gasteiger partial charge in [0.1, 0.15) is 0 Å². The molecule has 1 amide bonds. The lowest BCUT2D eigenvalue weighted by atomic mass is 10.2.